The van der Waals surface area contributed by atoms with Crippen LogP contribution in [0.2, 0.25) is 0 Å². The van der Waals surface area contributed by atoms with E-state index in [1.807, 2.05) is 0 Å². The fourth-order valence-electron chi connectivity index (χ4n) is 2.48. The first kappa shape index (κ1) is 15.6. The molecule has 3 rings (SSSR count). The molecule has 0 aromatic heterocycles. The van der Waals surface area contributed by atoms with Crippen LogP contribution in [-0.2, 0) is 4.79 Å². The molecule has 1 aliphatic rings. The van der Waals surface area contributed by atoms with Crippen LogP contribution in [0.3, 0.4) is 0 Å². The molecular weight excluding hydrogens is 312 g/mol. The summed E-state index contributed by atoms with van der Waals surface area (Å²) in [6.45, 7) is 0. The van der Waals surface area contributed by atoms with Crippen LogP contribution < -0.4 is 4.90 Å². The van der Waals surface area contributed by atoms with Gasteiger partial charge in [0.2, 0.25) is 0 Å². The zero-order valence-electron chi connectivity index (χ0n) is 12.3. The summed E-state index contributed by atoms with van der Waals surface area (Å²) in [6.07, 6.45) is -0.316. The third-order valence-corrected chi connectivity index (χ3v) is 3.68. The van der Waals surface area contributed by atoms with Gasteiger partial charge >= 0.3 is 0 Å². The molecule has 120 valence electrons. The van der Waals surface area contributed by atoms with E-state index >= 15 is 0 Å². The molecule has 1 unspecified atom stereocenters. The number of rotatable bonds is 4. The van der Waals surface area contributed by atoms with E-state index in [-0.39, 0.29) is 16.8 Å². The van der Waals surface area contributed by atoms with E-state index in [0.717, 1.165) is 11.0 Å². The number of benzene rings is 2. The number of amides is 1. The highest BCUT2D eigenvalue weighted by Crippen LogP contribution is 2.27. The van der Waals surface area contributed by atoms with Crippen LogP contribution in [0.4, 0.5) is 11.4 Å². The Kier molecular flexibility index (Phi) is 3.93. The van der Waals surface area contributed by atoms with Crippen molar-refractivity contribution in [2.24, 2.45) is 0 Å². The van der Waals surface area contributed by atoms with Crippen molar-refractivity contribution in [3.63, 3.8) is 0 Å². The summed E-state index contributed by atoms with van der Waals surface area (Å²) in [7, 11) is 0. The van der Waals surface area contributed by atoms with Gasteiger partial charge in [-0.15, -0.1) is 0 Å². The molecule has 7 nitrogen and oxygen atoms in total. The maximum absolute atomic E-state index is 12.5. The van der Waals surface area contributed by atoms with Gasteiger partial charge in [0.1, 0.15) is 0 Å². The molecule has 0 spiro atoms. The van der Waals surface area contributed by atoms with E-state index in [9.17, 15) is 24.8 Å². The number of nitro benzene ring substituents is 1. The number of hydrogen-bond donors (Lipinski definition) is 1. The lowest BCUT2D eigenvalue weighted by Crippen LogP contribution is -2.36. The molecular formula is C17H12N2O5. The normalized spacial score (nSPS) is 16.9. The average Bonchev–Trinajstić information content (AvgIpc) is 2.89. The van der Waals surface area contributed by atoms with E-state index in [4.69, 9.17) is 0 Å². The molecule has 2 aromatic rings. The lowest BCUT2D eigenvalue weighted by molar-refractivity contribution is -0.384. The largest absolute Gasteiger partial charge is 0.369 e. The van der Waals surface area contributed by atoms with Gasteiger partial charge in [-0.3, -0.25) is 24.6 Å². The van der Waals surface area contributed by atoms with Gasteiger partial charge in [0.15, 0.2) is 12.0 Å². The lowest BCUT2D eigenvalue weighted by atomic mass is 10.0. The molecule has 1 heterocycles. The molecule has 0 aliphatic carbocycles. The number of nitrogens with zero attached hydrogens (tertiary/aromatic N) is 2. The molecule has 0 saturated carbocycles. The SMILES string of the molecule is O=C(C1=CC(=O)N(c2ccccc2)C1O)c1ccc([N+](=O)[O-])cc1. The van der Waals surface area contributed by atoms with Crippen molar-refractivity contribution in [2.45, 2.75) is 6.23 Å². The Bertz CT molecular complexity index is 843. The third-order valence-electron chi connectivity index (χ3n) is 3.68. The minimum absolute atomic E-state index is 0.0716. The van der Waals surface area contributed by atoms with Gasteiger partial charge in [0.05, 0.1) is 10.5 Å². The van der Waals surface area contributed by atoms with E-state index in [1.54, 1.807) is 30.3 Å². The topological polar surface area (TPSA) is 101 Å². The number of anilines is 1. The van der Waals surface area contributed by atoms with Crippen molar-refractivity contribution in [1.29, 1.82) is 0 Å². The predicted octanol–water partition coefficient (Wildman–Crippen LogP) is 2.07. The number of Topliss-reactive ketones (excluding diaryl/α,β-unsaturated/α-hetero) is 1. The molecule has 1 N–H and O–H groups in total. The van der Waals surface area contributed by atoms with Crippen molar-refractivity contribution in [3.8, 4) is 0 Å². The highest BCUT2D eigenvalue weighted by atomic mass is 16.6. The molecule has 2 aromatic carbocycles. The summed E-state index contributed by atoms with van der Waals surface area (Å²) in [5.41, 5.74) is 0.415. The Morgan fingerprint density at radius 3 is 2.29 bits per heavy atom. The van der Waals surface area contributed by atoms with E-state index in [0.29, 0.717) is 5.69 Å². The molecule has 0 bridgehead atoms. The number of nitro groups is 1. The highest BCUT2D eigenvalue weighted by Gasteiger charge is 2.36. The lowest BCUT2D eigenvalue weighted by Gasteiger charge is -2.22. The first-order valence-electron chi connectivity index (χ1n) is 7.06. The molecule has 1 aliphatic heterocycles. The monoisotopic (exact) mass is 324 g/mol. The quantitative estimate of drug-likeness (QED) is 0.527. The van der Waals surface area contributed by atoms with Crippen LogP contribution in [0.1, 0.15) is 10.4 Å². The smallest absolute Gasteiger partial charge is 0.269 e. The Balaban J connectivity index is 1.87. The van der Waals surface area contributed by atoms with E-state index in [2.05, 4.69) is 0 Å². The average molecular weight is 324 g/mol. The zero-order chi connectivity index (χ0) is 17.3. The molecule has 0 saturated heterocycles. The number of aliphatic hydroxyl groups is 1. The first-order valence-corrected chi connectivity index (χ1v) is 7.06. The number of non-ortho nitro benzene ring substituents is 1. The summed E-state index contributed by atoms with van der Waals surface area (Å²) in [4.78, 5) is 35.8. The van der Waals surface area contributed by atoms with Gasteiger partial charge in [-0.1, -0.05) is 18.2 Å². The second-order valence-electron chi connectivity index (χ2n) is 5.15. The van der Waals surface area contributed by atoms with Crippen molar-refractivity contribution in [2.75, 3.05) is 4.90 Å². The molecule has 0 fully saturated rings. The number of carbonyl (C=O) groups excluding carboxylic acids is 2. The Morgan fingerprint density at radius 1 is 1.08 bits per heavy atom. The maximum Gasteiger partial charge on any atom is 0.269 e. The molecule has 1 amide bonds. The minimum Gasteiger partial charge on any atom is -0.369 e. The fraction of sp³-hybridized carbons (Fsp3) is 0.0588. The summed E-state index contributed by atoms with van der Waals surface area (Å²) >= 11 is 0. The van der Waals surface area contributed by atoms with Crippen molar-refractivity contribution in [1.82, 2.24) is 0 Å². The van der Waals surface area contributed by atoms with Crippen LogP contribution in [0.25, 0.3) is 0 Å². The summed E-state index contributed by atoms with van der Waals surface area (Å²) in [5, 5.41) is 21.0. The van der Waals surface area contributed by atoms with Crippen LogP contribution in [-0.4, -0.2) is 27.9 Å². The van der Waals surface area contributed by atoms with Crippen molar-refractivity contribution < 1.29 is 19.6 Å². The van der Waals surface area contributed by atoms with Crippen molar-refractivity contribution in [3.05, 3.63) is 81.9 Å². The predicted molar refractivity (Wildman–Crippen MR) is 85.4 cm³/mol. The minimum atomic E-state index is -1.40. The number of carbonyl (C=O) groups is 2. The Hall–Kier alpha value is -3.32. The molecule has 7 heteroatoms. The third kappa shape index (κ3) is 2.68. The van der Waals surface area contributed by atoms with Crippen molar-refractivity contribution >= 4 is 23.1 Å². The highest BCUT2D eigenvalue weighted by molar-refractivity contribution is 6.18. The van der Waals surface area contributed by atoms with Gasteiger partial charge in [-0.05, 0) is 24.3 Å². The van der Waals surface area contributed by atoms with Gasteiger partial charge in [-0.2, -0.15) is 0 Å². The number of ketones is 1. The summed E-state index contributed by atoms with van der Waals surface area (Å²) in [6, 6.07) is 13.5. The van der Waals surface area contributed by atoms with Crippen LogP contribution >= 0.6 is 0 Å². The Labute approximate surface area is 136 Å². The standard InChI is InChI=1S/C17H12N2O5/c20-15-10-14(17(22)18(15)12-4-2-1-3-5-12)16(21)11-6-8-13(9-7-11)19(23)24/h1-10,17,22H. The first-order chi connectivity index (χ1) is 11.5. The van der Waals surface area contributed by atoms with Gasteiger partial charge in [0, 0.05) is 29.5 Å². The second-order valence-corrected chi connectivity index (χ2v) is 5.15. The van der Waals surface area contributed by atoms with Gasteiger partial charge < -0.3 is 5.11 Å². The number of hydrogen-bond acceptors (Lipinski definition) is 5. The van der Waals surface area contributed by atoms with Gasteiger partial charge in [0.25, 0.3) is 11.6 Å². The van der Waals surface area contributed by atoms with Crippen LogP contribution in [0.5, 0.6) is 0 Å². The second kappa shape index (κ2) is 6.05. The van der Waals surface area contributed by atoms with E-state index < -0.39 is 22.8 Å². The van der Waals surface area contributed by atoms with Crippen LogP contribution in [0, 0.1) is 10.1 Å². The molecule has 0 radical (unpaired) electrons. The molecule has 24 heavy (non-hydrogen) atoms. The summed E-state index contributed by atoms with van der Waals surface area (Å²) < 4.78 is 0. The zero-order valence-corrected chi connectivity index (χ0v) is 12.3. The van der Waals surface area contributed by atoms with Gasteiger partial charge in [-0.25, -0.2) is 0 Å². The van der Waals surface area contributed by atoms with E-state index in [1.165, 1.54) is 24.3 Å². The number of para-hydroxylation sites is 1. The maximum atomic E-state index is 12.5. The molecule has 1 atom stereocenters. The Morgan fingerprint density at radius 2 is 1.71 bits per heavy atom. The number of aliphatic hydroxyl groups excluding tert-OH is 1. The van der Waals surface area contributed by atoms with Crippen LogP contribution in [0.15, 0.2) is 66.2 Å². The summed E-state index contributed by atoms with van der Waals surface area (Å²) in [5.74, 6) is -1.05. The fourth-order valence-corrected chi connectivity index (χ4v) is 2.48.